The number of hydrogen-bond donors (Lipinski definition) is 1. The van der Waals surface area contributed by atoms with Crippen LogP contribution in [0, 0.1) is 48.5 Å². The van der Waals surface area contributed by atoms with Crippen LogP contribution in [0.2, 0.25) is 0 Å². The van der Waals surface area contributed by atoms with Crippen molar-refractivity contribution < 1.29 is 9.21 Å². The van der Waals surface area contributed by atoms with Crippen molar-refractivity contribution in [1.82, 2.24) is 4.98 Å². The second kappa shape index (κ2) is 7.63. The van der Waals surface area contributed by atoms with Gasteiger partial charge in [-0.2, -0.15) is 0 Å². The molecule has 3 aromatic rings. The molecular formula is C24H28N2O2. The Bertz CT molecular complexity index is 1010. The number of pyridine rings is 1. The number of furan rings is 1. The van der Waals surface area contributed by atoms with E-state index >= 15 is 0 Å². The van der Waals surface area contributed by atoms with Crippen molar-refractivity contribution in [2.75, 3.05) is 5.32 Å². The molecule has 0 spiro atoms. The predicted octanol–water partition coefficient (Wildman–Crippen LogP) is 5.68. The Morgan fingerprint density at radius 2 is 1.50 bits per heavy atom. The first-order valence-corrected chi connectivity index (χ1v) is 9.58. The zero-order chi connectivity index (χ0) is 20.6. The molecule has 4 nitrogen and oxygen atoms in total. The van der Waals surface area contributed by atoms with E-state index in [-0.39, 0.29) is 5.91 Å². The van der Waals surface area contributed by atoms with Gasteiger partial charge < -0.3 is 9.73 Å². The Kier molecular flexibility index (Phi) is 5.41. The van der Waals surface area contributed by atoms with Crippen LogP contribution < -0.4 is 5.32 Å². The number of aromatic nitrogens is 1. The van der Waals surface area contributed by atoms with Crippen molar-refractivity contribution in [2.45, 2.75) is 54.9 Å². The lowest BCUT2D eigenvalue weighted by Crippen LogP contribution is -2.12. The van der Waals surface area contributed by atoms with Crippen LogP contribution in [0.5, 0.6) is 0 Å². The summed E-state index contributed by atoms with van der Waals surface area (Å²) in [6.45, 7) is 14.7. The monoisotopic (exact) mass is 376 g/mol. The molecule has 2 heterocycles. The van der Waals surface area contributed by atoms with E-state index in [1.807, 2.05) is 32.0 Å². The maximum atomic E-state index is 12.5. The molecule has 1 N–H and O–H groups in total. The van der Waals surface area contributed by atoms with Gasteiger partial charge in [0.25, 0.3) is 5.91 Å². The topological polar surface area (TPSA) is 55.1 Å². The number of aryl methyl sites for hydroxylation is 2. The van der Waals surface area contributed by atoms with Gasteiger partial charge in [0.2, 0.25) is 0 Å². The summed E-state index contributed by atoms with van der Waals surface area (Å²) in [6.07, 6.45) is 0.675. The summed E-state index contributed by atoms with van der Waals surface area (Å²) in [7, 11) is 0. The molecule has 1 amide bonds. The molecule has 0 aliphatic heterocycles. The molecule has 0 aliphatic carbocycles. The van der Waals surface area contributed by atoms with E-state index in [9.17, 15) is 4.79 Å². The van der Waals surface area contributed by atoms with Crippen LogP contribution in [-0.2, 0) is 6.42 Å². The minimum Gasteiger partial charge on any atom is -0.456 e. The average molecular weight is 377 g/mol. The zero-order valence-electron chi connectivity index (χ0n) is 17.8. The van der Waals surface area contributed by atoms with Crippen LogP contribution in [-0.4, -0.2) is 10.9 Å². The molecular weight excluding hydrogens is 348 g/mol. The number of nitrogens with zero attached hydrogens (tertiary/aromatic N) is 1. The summed E-state index contributed by atoms with van der Waals surface area (Å²) in [5, 5.41) is 2.82. The van der Waals surface area contributed by atoms with E-state index < -0.39 is 0 Å². The summed E-state index contributed by atoms with van der Waals surface area (Å²) in [5.41, 5.74) is 9.78. The standard InChI is InChI=1S/C24H28N2O2/c1-13-10-14(2)25-23(11-13)26-24(27)22-9-8-20(28-22)12-21-18(6)16(4)15(3)17(5)19(21)7/h8-11H,12H2,1-7H3,(H,25,26,27). The fourth-order valence-electron chi connectivity index (χ4n) is 3.70. The van der Waals surface area contributed by atoms with Crippen molar-refractivity contribution in [3.05, 3.63) is 80.4 Å². The number of nitrogens with one attached hydrogen (secondary N) is 1. The zero-order valence-corrected chi connectivity index (χ0v) is 17.8. The highest BCUT2D eigenvalue weighted by atomic mass is 16.3. The number of anilines is 1. The van der Waals surface area contributed by atoms with Crippen molar-refractivity contribution >= 4 is 11.7 Å². The summed E-state index contributed by atoms with van der Waals surface area (Å²) in [6, 6.07) is 7.43. The van der Waals surface area contributed by atoms with E-state index in [2.05, 4.69) is 44.9 Å². The van der Waals surface area contributed by atoms with Crippen LogP contribution in [0.3, 0.4) is 0 Å². The van der Waals surface area contributed by atoms with E-state index in [4.69, 9.17) is 4.42 Å². The fourth-order valence-corrected chi connectivity index (χ4v) is 3.70. The minimum atomic E-state index is -0.284. The molecule has 2 aromatic heterocycles. The smallest absolute Gasteiger partial charge is 0.292 e. The van der Waals surface area contributed by atoms with Gasteiger partial charge in [-0.1, -0.05) is 0 Å². The molecule has 0 saturated carbocycles. The van der Waals surface area contributed by atoms with Gasteiger partial charge in [0.1, 0.15) is 11.6 Å². The first-order chi connectivity index (χ1) is 13.2. The number of rotatable bonds is 4. The third kappa shape index (κ3) is 3.86. The largest absolute Gasteiger partial charge is 0.456 e. The van der Waals surface area contributed by atoms with Crippen molar-refractivity contribution in [3.63, 3.8) is 0 Å². The van der Waals surface area contributed by atoms with Gasteiger partial charge in [-0.05, 0) is 112 Å². The molecule has 0 saturated heterocycles. The van der Waals surface area contributed by atoms with E-state index in [0.29, 0.717) is 18.0 Å². The first-order valence-electron chi connectivity index (χ1n) is 9.58. The minimum absolute atomic E-state index is 0.284. The molecule has 0 radical (unpaired) electrons. The summed E-state index contributed by atoms with van der Waals surface area (Å²) in [4.78, 5) is 16.9. The van der Waals surface area contributed by atoms with Gasteiger partial charge in [0.15, 0.2) is 5.76 Å². The number of amides is 1. The van der Waals surface area contributed by atoms with Gasteiger partial charge >= 0.3 is 0 Å². The van der Waals surface area contributed by atoms with Crippen molar-refractivity contribution in [1.29, 1.82) is 0 Å². The van der Waals surface area contributed by atoms with Gasteiger partial charge in [-0.15, -0.1) is 0 Å². The summed E-state index contributed by atoms with van der Waals surface area (Å²) >= 11 is 0. The quantitative estimate of drug-likeness (QED) is 0.637. The summed E-state index contributed by atoms with van der Waals surface area (Å²) in [5.74, 6) is 1.34. The maximum Gasteiger partial charge on any atom is 0.292 e. The highest BCUT2D eigenvalue weighted by Gasteiger charge is 2.16. The Labute approximate surface area is 167 Å². The molecule has 0 bridgehead atoms. The Morgan fingerprint density at radius 3 is 2.11 bits per heavy atom. The van der Waals surface area contributed by atoms with Crippen LogP contribution in [0.15, 0.2) is 28.7 Å². The lowest BCUT2D eigenvalue weighted by atomic mass is 9.88. The van der Waals surface area contributed by atoms with Crippen molar-refractivity contribution in [2.24, 2.45) is 0 Å². The predicted molar refractivity (Wildman–Crippen MR) is 113 cm³/mol. The van der Waals surface area contributed by atoms with Crippen molar-refractivity contribution in [3.8, 4) is 0 Å². The molecule has 3 rings (SSSR count). The summed E-state index contributed by atoms with van der Waals surface area (Å²) < 4.78 is 5.86. The van der Waals surface area contributed by atoms with E-state index in [1.54, 1.807) is 6.07 Å². The lowest BCUT2D eigenvalue weighted by molar-refractivity contribution is 0.0994. The Morgan fingerprint density at radius 1 is 0.893 bits per heavy atom. The normalized spacial score (nSPS) is 11.0. The van der Waals surface area contributed by atoms with Gasteiger partial charge in [0, 0.05) is 12.1 Å². The number of benzene rings is 1. The first kappa shape index (κ1) is 19.9. The Balaban J connectivity index is 1.82. The van der Waals surface area contributed by atoms with Crippen LogP contribution in [0.25, 0.3) is 0 Å². The Hall–Kier alpha value is -2.88. The van der Waals surface area contributed by atoms with E-state index in [1.165, 1.54) is 33.4 Å². The van der Waals surface area contributed by atoms with Crippen LogP contribution in [0.1, 0.15) is 61.0 Å². The molecule has 4 heteroatoms. The average Bonchev–Trinajstić information content (AvgIpc) is 3.10. The molecule has 28 heavy (non-hydrogen) atoms. The third-order valence-electron chi connectivity index (χ3n) is 5.73. The van der Waals surface area contributed by atoms with Gasteiger partial charge in [0.05, 0.1) is 0 Å². The number of hydrogen-bond acceptors (Lipinski definition) is 3. The van der Waals surface area contributed by atoms with Gasteiger partial charge in [-0.25, -0.2) is 4.98 Å². The fraction of sp³-hybridized carbons (Fsp3) is 0.333. The second-order valence-corrected chi connectivity index (χ2v) is 7.67. The molecule has 0 unspecified atom stereocenters. The second-order valence-electron chi connectivity index (χ2n) is 7.67. The highest BCUT2D eigenvalue weighted by Crippen LogP contribution is 2.28. The van der Waals surface area contributed by atoms with E-state index in [0.717, 1.165) is 17.0 Å². The molecule has 0 fully saturated rings. The number of carbonyl (C=O) groups is 1. The third-order valence-corrected chi connectivity index (χ3v) is 5.73. The SMILES string of the molecule is Cc1cc(C)nc(NC(=O)c2ccc(Cc3c(C)c(C)c(C)c(C)c3C)o2)c1. The van der Waals surface area contributed by atoms with Crippen LogP contribution in [0.4, 0.5) is 5.82 Å². The lowest BCUT2D eigenvalue weighted by Gasteiger charge is -2.18. The number of carbonyl (C=O) groups excluding carboxylic acids is 1. The maximum absolute atomic E-state index is 12.5. The molecule has 0 atom stereocenters. The van der Waals surface area contributed by atoms with Gasteiger partial charge in [-0.3, -0.25) is 4.79 Å². The molecule has 146 valence electrons. The highest BCUT2D eigenvalue weighted by molar-refractivity contribution is 6.01. The molecule has 0 aliphatic rings. The van der Waals surface area contributed by atoms with Crippen LogP contribution >= 0.6 is 0 Å². The molecule has 1 aromatic carbocycles.